The summed E-state index contributed by atoms with van der Waals surface area (Å²) in [6, 6.07) is 13.8. The van der Waals surface area contributed by atoms with Gasteiger partial charge < -0.3 is 0 Å². The van der Waals surface area contributed by atoms with Crippen molar-refractivity contribution in [3.8, 4) is 0 Å². The summed E-state index contributed by atoms with van der Waals surface area (Å²) in [6.45, 7) is 1.98. The molecule has 0 aromatic heterocycles. The predicted octanol–water partition coefficient (Wildman–Crippen LogP) is 3.44. The average Bonchev–Trinajstić information content (AvgIpc) is 2.32. The van der Waals surface area contributed by atoms with Gasteiger partial charge in [-0.2, -0.15) is 0 Å². The van der Waals surface area contributed by atoms with Crippen molar-refractivity contribution in [3.63, 3.8) is 0 Å². The minimum Gasteiger partial charge on any atom is -0.254 e. The van der Waals surface area contributed by atoms with Crippen molar-refractivity contribution < 1.29 is 8.60 Å². The zero-order valence-corrected chi connectivity index (χ0v) is 10.3. The van der Waals surface area contributed by atoms with Crippen LogP contribution in [0.5, 0.6) is 0 Å². The number of hydrogen-bond donors (Lipinski definition) is 0. The van der Waals surface area contributed by atoms with Gasteiger partial charge in [0.15, 0.2) is 0 Å². The van der Waals surface area contributed by atoms with Crippen molar-refractivity contribution in [2.24, 2.45) is 0 Å². The van der Waals surface area contributed by atoms with Gasteiger partial charge >= 0.3 is 0 Å². The first-order valence-electron chi connectivity index (χ1n) is 5.35. The Labute approximate surface area is 103 Å². The molecule has 2 aromatic rings. The SMILES string of the molecule is Cc1ccccc1CS(=O)c1cccc(F)c1. The molecule has 0 heterocycles. The van der Waals surface area contributed by atoms with Gasteiger partial charge in [0.1, 0.15) is 5.82 Å². The first-order chi connectivity index (χ1) is 8.16. The molecule has 0 spiro atoms. The van der Waals surface area contributed by atoms with Crippen LogP contribution < -0.4 is 0 Å². The van der Waals surface area contributed by atoms with E-state index >= 15 is 0 Å². The number of rotatable bonds is 3. The van der Waals surface area contributed by atoms with E-state index in [1.54, 1.807) is 12.1 Å². The van der Waals surface area contributed by atoms with Crippen LogP contribution >= 0.6 is 0 Å². The highest BCUT2D eigenvalue weighted by atomic mass is 32.2. The van der Waals surface area contributed by atoms with E-state index in [0.29, 0.717) is 10.6 Å². The summed E-state index contributed by atoms with van der Waals surface area (Å²) in [5.41, 5.74) is 2.15. The number of benzene rings is 2. The van der Waals surface area contributed by atoms with Gasteiger partial charge in [-0.15, -0.1) is 0 Å². The van der Waals surface area contributed by atoms with E-state index in [4.69, 9.17) is 0 Å². The lowest BCUT2D eigenvalue weighted by molar-refractivity contribution is 0.622. The maximum absolute atomic E-state index is 13.0. The lowest BCUT2D eigenvalue weighted by atomic mass is 10.1. The fraction of sp³-hybridized carbons (Fsp3) is 0.143. The van der Waals surface area contributed by atoms with Crippen molar-refractivity contribution in [3.05, 3.63) is 65.5 Å². The Balaban J connectivity index is 2.20. The van der Waals surface area contributed by atoms with Gasteiger partial charge in [0, 0.05) is 4.90 Å². The summed E-state index contributed by atoms with van der Waals surface area (Å²) < 4.78 is 25.1. The van der Waals surface area contributed by atoms with Crippen LogP contribution in [-0.2, 0) is 16.6 Å². The normalized spacial score (nSPS) is 12.4. The zero-order chi connectivity index (χ0) is 12.3. The van der Waals surface area contributed by atoms with E-state index in [1.165, 1.54) is 12.1 Å². The van der Waals surface area contributed by atoms with Crippen LogP contribution in [0.25, 0.3) is 0 Å². The number of hydrogen-bond acceptors (Lipinski definition) is 1. The molecule has 2 aromatic carbocycles. The minimum atomic E-state index is -1.19. The molecular formula is C14H13FOS. The van der Waals surface area contributed by atoms with Gasteiger partial charge in [-0.25, -0.2) is 4.39 Å². The van der Waals surface area contributed by atoms with E-state index in [0.717, 1.165) is 11.1 Å². The molecule has 1 nitrogen and oxygen atoms in total. The first kappa shape index (κ1) is 12.0. The Kier molecular flexibility index (Phi) is 3.69. The summed E-state index contributed by atoms with van der Waals surface area (Å²) in [7, 11) is -1.19. The monoisotopic (exact) mass is 248 g/mol. The highest BCUT2D eigenvalue weighted by Crippen LogP contribution is 2.15. The second-order valence-electron chi connectivity index (χ2n) is 3.87. The van der Waals surface area contributed by atoms with Crippen LogP contribution in [0.3, 0.4) is 0 Å². The largest absolute Gasteiger partial charge is 0.254 e. The van der Waals surface area contributed by atoms with Crippen molar-refractivity contribution in [1.82, 2.24) is 0 Å². The van der Waals surface area contributed by atoms with Gasteiger partial charge in [-0.3, -0.25) is 4.21 Å². The molecule has 0 amide bonds. The first-order valence-corrected chi connectivity index (χ1v) is 6.67. The minimum absolute atomic E-state index is 0.347. The van der Waals surface area contributed by atoms with Crippen molar-refractivity contribution in [1.29, 1.82) is 0 Å². The molecular weight excluding hydrogens is 235 g/mol. The quantitative estimate of drug-likeness (QED) is 0.813. The Morgan fingerprint density at radius 1 is 1.12 bits per heavy atom. The molecule has 88 valence electrons. The van der Waals surface area contributed by atoms with E-state index in [1.807, 2.05) is 31.2 Å². The van der Waals surface area contributed by atoms with Crippen molar-refractivity contribution in [2.45, 2.75) is 17.6 Å². The third-order valence-corrected chi connectivity index (χ3v) is 3.96. The lowest BCUT2D eigenvalue weighted by Gasteiger charge is -2.05. The highest BCUT2D eigenvalue weighted by Gasteiger charge is 2.07. The molecule has 1 unspecified atom stereocenters. The average molecular weight is 248 g/mol. The number of halogens is 1. The maximum atomic E-state index is 13.0. The predicted molar refractivity (Wildman–Crippen MR) is 67.7 cm³/mol. The van der Waals surface area contributed by atoms with E-state index < -0.39 is 10.8 Å². The van der Waals surface area contributed by atoms with Crippen molar-refractivity contribution in [2.75, 3.05) is 0 Å². The molecule has 1 atom stereocenters. The molecule has 0 bridgehead atoms. The summed E-state index contributed by atoms with van der Waals surface area (Å²) in [4.78, 5) is 0.535. The van der Waals surface area contributed by atoms with E-state index in [9.17, 15) is 8.60 Å². The van der Waals surface area contributed by atoms with Gasteiger partial charge in [-0.1, -0.05) is 30.3 Å². The Bertz CT molecular complexity index is 551. The van der Waals surface area contributed by atoms with Gasteiger partial charge in [-0.05, 0) is 36.2 Å². The molecule has 0 radical (unpaired) electrons. The molecule has 0 saturated heterocycles. The Morgan fingerprint density at radius 3 is 2.59 bits per heavy atom. The van der Waals surface area contributed by atoms with Crippen LogP contribution in [0, 0.1) is 12.7 Å². The molecule has 0 aliphatic heterocycles. The molecule has 0 N–H and O–H groups in total. The molecule has 2 rings (SSSR count). The fourth-order valence-electron chi connectivity index (χ4n) is 1.61. The van der Waals surface area contributed by atoms with Crippen molar-refractivity contribution >= 4 is 10.8 Å². The highest BCUT2D eigenvalue weighted by molar-refractivity contribution is 7.84. The molecule has 0 fully saturated rings. The zero-order valence-electron chi connectivity index (χ0n) is 9.52. The van der Waals surface area contributed by atoms with Crippen LogP contribution in [-0.4, -0.2) is 4.21 Å². The van der Waals surface area contributed by atoms with E-state index in [2.05, 4.69) is 0 Å². The van der Waals surface area contributed by atoms with E-state index in [-0.39, 0.29) is 5.82 Å². The molecule has 17 heavy (non-hydrogen) atoms. The Hall–Kier alpha value is -1.48. The smallest absolute Gasteiger partial charge is 0.124 e. The van der Waals surface area contributed by atoms with Crippen LogP contribution in [0.2, 0.25) is 0 Å². The van der Waals surface area contributed by atoms with Gasteiger partial charge in [0.05, 0.1) is 16.6 Å². The third-order valence-electron chi connectivity index (χ3n) is 2.61. The van der Waals surface area contributed by atoms with Crippen LogP contribution in [0.1, 0.15) is 11.1 Å². The Morgan fingerprint density at radius 2 is 1.88 bits per heavy atom. The van der Waals surface area contributed by atoms with Crippen LogP contribution in [0.15, 0.2) is 53.4 Å². The summed E-state index contributed by atoms with van der Waals surface area (Å²) in [6.07, 6.45) is 0. The maximum Gasteiger partial charge on any atom is 0.124 e. The summed E-state index contributed by atoms with van der Waals surface area (Å²) in [5.74, 6) is 0.0801. The van der Waals surface area contributed by atoms with Gasteiger partial charge in [0.2, 0.25) is 0 Å². The third kappa shape index (κ3) is 3.01. The molecule has 0 saturated carbocycles. The van der Waals surface area contributed by atoms with Gasteiger partial charge in [0.25, 0.3) is 0 Å². The van der Waals surface area contributed by atoms with Crippen LogP contribution in [0.4, 0.5) is 4.39 Å². The second kappa shape index (κ2) is 5.23. The lowest BCUT2D eigenvalue weighted by Crippen LogP contribution is -1.98. The summed E-state index contributed by atoms with van der Waals surface area (Å²) in [5, 5.41) is 0. The summed E-state index contributed by atoms with van der Waals surface area (Å²) >= 11 is 0. The number of aryl methyl sites for hydroxylation is 1. The molecule has 3 heteroatoms. The topological polar surface area (TPSA) is 17.1 Å². The fourth-order valence-corrected chi connectivity index (χ4v) is 2.85. The second-order valence-corrected chi connectivity index (χ2v) is 5.32. The molecule has 0 aliphatic rings. The standard InChI is InChI=1S/C14H13FOS/c1-11-5-2-3-6-12(11)10-17(16)14-8-4-7-13(15)9-14/h2-9H,10H2,1H3. The molecule has 0 aliphatic carbocycles.